The summed E-state index contributed by atoms with van der Waals surface area (Å²) < 4.78 is 35.0. The van der Waals surface area contributed by atoms with Gasteiger partial charge in [-0.3, -0.25) is 14.6 Å². The van der Waals surface area contributed by atoms with E-state index in [4.69, 9.17) is 39.6 Å². The zero-order valence-electron chi connectivity index (χ0n) is 29.8. The van der Waals surface area contributed by atoms with Gasteiger partial charge in [-0.2, -0.15) is 0 Å². The number of nitrogens with two attached hydrogens (primary N) is 2. The highest BCUT2D eigenvalue weighted by Crippen LogP contribution is 2.36. The van der Waals surface area contributed by atoms with Crippen molar-refractivity contribution >= 4 is 39.8 Å². The van der Waals surface area contributed by atoms with E-state index in [1.54, 1.807) is 18.2 Å². The molecule has 0 bridgehead atoms. The minimum absolute atomic E-state index is 0.0435. The molecule has 5 N–H and O–H groups in total. The van der Waals surface area contributed by atoms with Crippen LogP contribution in [0.2, 0.25) is 0 Å². The summed E-state index contributed by atoms with van der Waals surface area (Å²) in [5.74, 6) is -0.240. The van der Waals surface area contributed by atoms with Crippen LogP contribution in [0, 0.1) is 0 Å². The number of rotatable bonds is 18. The highest BCUT2D eigenvalue weighted by Gasteiger charge is 2.23. The number of allylic oxidation sites excluding steroid dienone is 3. The molecule has 1 amide bonds. The van der Waals surface area contributed by atoms with Gasteiger partial charge in [0.25, 0.3) is 5.91 Å². The molecule has 0 unspecified atom stereocenters. The van der Waals surface area contributed by atoms with E-state index >= 15 is 0 Å². The Morgan fingerprint density at radius 3 is 1.78 bits per heavy atom. The Kier molecular flexibility index (Phi) is 14.7. The number of nitrogens with one attached hydrogen (secondary N) is 1. The third-order valence-corrected chi connectivity index (χ3v) is 7.09. The number of carbonyl (C=O) groups is 2. The van der Waals surface area contributed by atoms with Crippen LogP contribution in [-0.4, -0.2) is 64.0 Å². The summed E-state index contributed by atoms with van der Waals surface area (Å²) in [6.45, 7) is 12.2. The van der Waals surface area contributed by atoms with Crippen LogP contribution in [0.4, 0.5) is 0 Å². The fraction of sp³-hybridized carbons (Fsp3) is 0.405. The van der Waals surface area contributed by atoms with Gasteiger partial charge in [0.15, 0.2) is 12.6 Å². The van der Waals surface area contributed by atoms with E-state index in [0.29, 0.717) is 24.5 Å². The number of aliphatic imine (C=N–C) groups is 1. The van der Waals surface area contributed by atoms with Gasteiger partial charge in [-0.05, 0) is 72.6 Å². The van der Waals surface area contributed by atoms with Gasteiger partial charge in [0.2, 0.25) is 5.43 Å². The van der Waals surface area contributed by atoms with Crippen LogP contribution in [0.1, 0.15) is 54.4 Å². The molecule has 1 atom stereocenters. The van der Waals surface area contributed by atoms with E-state index in [9.17, 15) is 14.4 Å². The van der Waals surface area contributed by atoms with Crippen LogP contribution in [0.5, 0.6) is 23.0 Å². The maximum Gasteiger partial charge on any atom is 0.328 e. The van der Waals surface area contributed by atoms with Gasteiger partial charge >= 0.3 is 5.97 Å². The number of fused-ring (bicyclic) bond motifs is 2. The van der Waals surface area contributed by atoms with Crippen LogP contribution in [0.15, 0.2) is 73.4 Å². The second kappa shape index (κ2) is 18.9. The number of amides is 1. The topological polar surface area (TPSA) is 187 Å². The second-order valence-electron chi connectivity index (χ2n) is 12.2. The molecule has 0 aliphatic carbocycles. The minimum Gasteiger partial charge on any atom is -0.489 e. The van der Waals surface area contributed by atoms with Crippen molar-refractivity contribution in [2.75, 3.05) is 40.1 Å². The summed E-state index contributed by atoms with van der Waals surface area (Å²) in [7, 11) is 1.22. The maximum atomic E-state index is 14.3. The Balaban J connectivity index is 2.07. The molecule has 0 radical (unpaired) electrons. The van der Waals surface area contributed by atoms with E-state index < -0.39 is 30.0 Å². The monoisotopic (exact) mass is 692 g/mol. The lowest BCUT2D eigenvalue weighted by atomic mass is 10.1. The van der Waals surface area contributed by atoms with Crippen molar-refractivity contribution < 1.29 is 37.7 Å². The van der Waals surface area contributed by atoms with Crippen LogP contribution in [0.3, 0.4) is 0 Å². The number of esters is 1. The summed E-state index contributed by atoms with van der Waals surface area (Å²) in [6, 6.07) is 5.42. The van der Waals surface area contributed by atoms with E-state index in [1.807, 2.05) is 59.8 Å². The lowest BCUT2D eigenvalue weighted by Crippen LogP contribution is -2.43. The van der Waals surface area contributed by atoms with E-state index in [2.05, 4.69) is 10.3 Å². The summed E-state index contributed by atoms with van der Waals surface area (Å²) in [5, 5.41) is 2.87. The van der Waals surface area contributed by atoms with Crippen molar-refractivity contribution in [3.05, 3.63) is 69.4 Å². The van der Waals surface area contributed by atoms with Gasteiger partial charge in [0.05, 0.1) is 7.11 Å². The van der Waals surface area contributed by atoms with Crippen LogP contribution in [-0.2, 0) is 14.3 Å². The van der Waals surface area contributed by atoms with Crippen molar-refractivity contribution in [3.63, 3.8) is 0 Å². The number of carbonyl (C=O) groups excluding carboxylic acids is 2. The first kappa shape index (κ1) is 39.0. The summed E-state index contributed by atoms with van der Waals surface area (Å²) >= 11 is 0. The van der Waals surface area contributed by atoms with Gasteiger partial charge in [-0.1, -0.05) is 16.7 Å². The Bertz CT molecular complexity index is 1840. The molecule has 0 spiro atoms. The van der Waals surface area contributed by atoms with Crippen molar-refractivity contribution in [1.29, 1.82) is 0 Å². The molecule has 13 heteroatoms. The molecule has 2 aromatic carbocycles. The predicted molar refractivity (Wildman–Crippen MR) is 194 cm³/mol. The number of benzene rings is 2. The van der Waals surface area contributed by atoms with E-state index in [0.717, 1.165) is 16.7 Å². The third-order valence-electron chi connectivity index (χ3n) is 7.09. The number of hydrogen-bond donors (Lipinski definition) is 3. The fourth-order valence-corrected chi connectivity index (χ4v) is 4.56. The van der Waals surface area contributed by atoms with Gasteiger partial charge < -0.3 is 44.9 Å². The summed E-state index contributed by atoms with van der Waals surface area (Å²) in [5.41, 5.74) is 13.9. The van der Waals surface area contributed by atoms with Crippen molar-refractivity contribution in [2.45, 2.75) is 60.4 Å². The van der Waals surface area contributed by atoms with Gasteiger partial charge in [0.1, 0.15) is 70.8 Å². The predicted octanol–water partition coefficient (Wildman–Crippen LogP) is 5.07. The normalized spacial score (nSPS) is 11.2. The molecule has 0 saturated heterocycles. The zero-order valence-corrected chi connectivity index (χ0v) is 29.8. The Labute approximate surface area is 291 Å². The van der Waals surface area contributed by atoms with Crippen LogP contribution >= 0.6 is 0 Å². The number of nitrogens with zero attached hydrogens (tertiary/aromatic N) is 1. The molecule has 1 heterocycles. The molecule has 0 aliphatic rings. The first-order valence-electron chi connectivity index (χ1n) is 16.2. The molecule has 3 aromatic rings. The van der Waals surface area contributed by atoms with Crippen molar-refractivity contribution in [3.8, 4) is 23.0 Å². The van der Waals surface area contributed by atoms with E-state index in [1.165, 1.54) is 13.2 Å². The molecule has 13 nitrogen and oxygen atoms in total. The zero-order chi connectivity index (χ0) is 36.8. The standard InChI is InChI=1S/C37H48N4O9/c1-22(2)10-14-46-25-17-28(48-16-12-24(5)6)33-30(19-25)50-31-20-26(47-15-11-23(3)4)18-29(34(31)35(33)43)49-21-32(42)41-27(36(44)45-7)9-8-13-40-37(38)39/h10-12,17-20,27H,8-9,13-16,21H2,1-7H3,(H,41,42)(H4,38,39,40)/t27-/m0/s1. The molecular formula is C37H48N4O9. The van der Waals surface area contributed by atoms with Crippen LogP contribution < -0.4 is 41.2 Å². The summed E-state index contributed by atoms with van der Waals surface area (Å²) in [6.07, 6.45) is 6.33. The van der Waals surface area contributed by atoms with Crippen LogP contribution in [0.25, 0.3) is 21.9 Å². The molecule has 270 valence electrons. The SMILES string of the molecule is COC(=O)[C@H](CCCN=C(N)N)NC(=O)COc1cc(OCC=C(C)C)cc2oc3cc(OCC=C(C)C)cc(OCC=C(C)C)c3c(=O)c12. The molecule has 1 aromatic heterocycles. The quantitative estimate of drug-likeness (QED) is 0.0403. The van der Waals surface area contributed by atoms with E-state index in [-0.39, 0.29) is 65.6 Å². The molecule has 50 heavy (non-hydrogen) atoms. The molecule has 0 aliphatic heterocycles. The third kappa shape index (κ3) is 11.9. The minimum atomic E-state index is -0.969. The largest absolute Gasteiger partial charge is 0.489 e. The number of ether oxygens (including phenoxy) is 5. The van der Waals surface area contributed by atoms with Crippen molar-refractivity contribution in [1.82, 2.24) is 5.32 Å². The fourth-order valence-electron chi connectivity index (χ4n) is 4.56. The first-order valence-corrected chi connectivity index (χ1v) is 16.2. The molecule has 3 rings (SSSR count). The Morgan fingerprint density at radius 1 is 0.800 bits per heavy atom. The summed E-state index contributed by atoms with van der Waals surface area (Å²) in [4.78, 5) is 43.6. The lowest BCUT2D eigenvalue weighted by Gasteiger charge is -2.17. The highest BCUT2D eigenvalue weighted by molar-refractivity contribution is 5.97. The number of methoxy groups -OCH3 is 1. The lowest BCUT2D eigenvalue weighted by molar-refractivity contribution is -0.145. The average Bonchev–Trinajstić information content (AvgIpc) is 3.03. The van der Waals surface area contributed by atoms with Crippen molar-refractivity contribution in [2.24, 2.45) is 16.5 Å². The number of guanidine groups is 1. The highest BCUT2D eigenvalue weighted by atomic mass is 16.5. The maximum absolute atomic E-state index is 14.3. The number of hydrogen-bond acceptors (Lipinski definition) is 10. The van der Waals surface area contributed by atoms with Gasteiger partial charge in [-0.25, -0.2) is 4.79 Å². The smallest absolute Gasteiger partial charge is 0.328 e. The second-order valence-corrected chi connectivity index (χ2v) is 12.2. The molecular weight excluding hydrogens is 644 g/mol. The van der Waals surface area contributed by atoms with Gasteiger partial charge in [-0.15, -0.1) is 0 Å². The Morgan fingerprint density at radius 2 is 1.30 bits per heavy atom. The Hall–Kier alpha value is -5.46. The molecule has 0 fully saturated rings. The average molecular weight is 693 g/mol. The molecule has 0 saturated carbocycles. The first-order chi connectivity index (χ1) is 23.8. The van der Waals surface area contributed by atoms with Gasteiger partial charge in [0, 0.05) is 30.8 Å².